The number of hydrogen-bond acceptors (Lipinski definition) is 6. The molecule has 0 fully saturated rings. The van der Waals surface area contributed by atoms with Gasteiger partial charge in [-0.1, -0.05) is 0 Å². The molecule has 1 aromatic heterocycles. The van der Waals surface area contributed by atoms with Gasteiger partial charge < -0.3 is 0 Å². The van der Waals surface area contributed by atoms with Gasteiger partial charge in [-0.3, -0.25) is 25.4 Å². The van der Waals surface area contributed by atoms with Crippen molar-refractivity contribution in [1.82, 2.24) is 20.8 Å². The lowest BCUT2D eigenvalue weighted by molar-refractivity contribution is 0.0943. The Hall–Kier alpha value is -2.06. The molecule has 0 saturated carbocycles. The van der Waals surface area contributed by atoms with Crippen LogP contribution in [0.1, 0.15) is 21.0 Å². The molecule has 0 radical (unpaired) electrons. The quantitative estimate of drug-likeness (QED) is 0.238. The van der Waals surface area contributed by atoms with E-state index in [9.17, 15) is 9.59 Å². The summed E-state index contributed by atoms with van der Waals surface area (Å²) in [5, 5.41) is 0. The third-order valence-corrected chi connectivity index (χ3v) is 1.36. The van der Waals surface area contributed by atoms with Crippen LogP contribution >= 0.6 is 0 Å². The molecule has 0 aliphatic heterocycles. The van der Waals surface area contributed by atoms with Gasteiger partial charge in [-0.05, 0) is 0 Å². The van der Waals surface area contributed by atoms with Crippen molar-refractivity contribution < 1.29 is 9.59 Å². The van der Waals surface area contributed by atoms with Crippen LogP contribution < -0.4 is 22.5 Å². The van der Waals surface area contributed by atoms with Crippen molar-refractivity contribution in [3.63, 3.8) is 0 Å². The van der Waals surface area contributed by atoms with E-state index in [-0.39, 0.29) is 11.4 Å². The molecule has 6 N–H and O–H groups in total. The van der Waals surface area contributed by atoms with Crippen molar-refractivity contribution in [2.45, 2.75) is 0 Å². The van der Waals surface area contributed by atoms with Crippen LogP contribution in [-0.2, 0) is 0 Å². The first kappa shape index (κ1) is 10.0. The normalized spacial score (nSPS) is 9.29. The molecule has 74 valence electrons. The minimum Gasteiger partial charge on any atom is -0.289 e. The molecule has 0 bridgehead atoms. The van der Waals surface area contributed by atoms with Crippen molar-refractivity contribution in [2.75, 3.05) is 0 Å². The van der Waals surface area contributed by atoms with Gasteiger partial charge in [-0.2, -0.15) is 0 Å². The van der Waals surface area contributed by atoms with E-state index in [4.69, 9.17) is 11.7 Å². The number of rotatable bonds is 2. The van der Waals surface area contributed by atoms with Gasteiger partial charge in [0.1, 0.15) is 11.4 Å². The zero-order valence-corrected chi connectivity index (χ0v) is 7.02. The number of nitrogens with one attached hydrogen (secondary N) is 2. The Kier molecular flexibility index (Phi) is 3.05. The molecule has 1 aromatic rings. The van der Waals surface area contributed by atoms with E-state index < -0.39 is 11.8 Å². The van der Waals surface area contributed by atoms with Gasteiger partial charge in [0.25, 0.3) is 11.8 Å². The first-order chi connectivity index (χ1) is 6.69. The maximum Gasteiger partial charge on any atom is 0.285 e. The molecule has 2 amide bonds. The fraction of sp³-hybridized carbons (Fsp3) is 0. The van der Waals surface area contributed by atoms with Crippen molar-refractivity contribution in [1.29, 1.82) is 0 Å². The number of carbonyl (C=O) groups excluding carboxylic acids is 2. The van der Waals surface area contributed by atoms with Crippen LogP contribution in [0, 0.1) is 0 Å². The van der Waals surface area contributed by atoms with Gasteiger partial charge in [0, 0.05) is 0 Å². The molecule has 0 saturated heterocycles. The molecule has 0 aromatic carbocycles. The van der Waals surface area contributed by atoms with Crippen LogP contribution in [0.25, 0.3) is 0 Å². The lowest BCUT2D eigenvalue weighted by atomic mass is 10.4. The van der Waals surface area contributed by atoms with Gasteiger partial charge in [-0.15, -0.1) is 0 Å². The Morgan fingerprint density at radius 3 is 1.86 bits per heavy atom. The smallest absolute Gasteiger partial charge is 0.285 e. The largest absolute Gasteiger partial charge is 0.289 e. The third-order valence-electron chi connectivity index (χ3n) is 1.36. The average molecular weight is 196 g/mol. The van der Waals surface area contributed by atoms with Gasteiger partial charge in [0.15, 0.2) is 0 Å². The number of aromatic nitrogens is 2. The van der Waals surface area contributed by atoms with Crippen LogP contribution in [0.5, 0.6) is 0 Å². The average Bonchev–Trinajstić information content (AvgIpc) is 2.27. The molecular formula is C6H8N6O2. The Morgan fingerprint density at radius 2 is 1.50 bits per heavy atom. The molecule has 0 aliphatic carbocycles. The van der Waals surface area contributed by atoms with Crippen LogP contribution in [0.3, 0.4) is 0 Å². The van der Waals surface area contributed by atoms with Crippen molar-refractivity contribution in [3.05, 3.63) is 23.8 Å². The van der Waals surface area contributed by atoms with Gasteiger partial charge in [0.2, 0.25) is 0 Å². The van der Waals surface area contributed by atoms with E-state index in [1.807, 2.05) is 10.9 Å². The third kappa shape index (κ3) is 2.00. The number of hydrogen-bond donors (Lipinski definition) is 4. The van der Waals surface area contributed by atoms with Gasteiger partial charge >= 0.3 is 0 Å². The highest BCUT2D eigenvalue weighted by atomic mass is 16.2. The maximum atomic E-state index is 11.0. The van der Waals surface area contributed by atoms with Crippen molar-refractivity contribution in [3.8, 4) is 0 Å². The zero-order valence-electron chi connectivity index (χ0n) is 7.02. The number of hydrazine groups is 2. The summed E-state index contributed by atoms with van der Waals surface area (Å²) in [4.78, 5) is 29.2. The number of nitrogen functional groups attached to an aromatic ring is 2. The summed E-state index contributed by atoms with van der Waals surface area (Å²) in [6.07, 6.45) is 2.35. The summed E-state index contributed by atoms with van der Waals surface area (Å²) in [7, 11) is 0. The second-order valence-electron chi connectivity index (χ2n) is 2.24. The summed E-state index contributed by atoms with van der Waals surface area (Å²) in [6.45, 7) is 0. The van der Waals surface area contributed by atoms with E-state index in [2.05, 4.69) is 9.97 Å². The Balaban J connectivity index is 3.01. The highest BCUT2D eigenvalue weighted by Gasteiger charge is 2.10. The SMILES string of the molecule is NNC(=O)c1cncc(C(=O)NN)n1. The van der Waals surface area contributed by atoms with E-state index in [0.29, 0.717) is 0 Å². The molecule has 0 aliphatic rings. The molecule has 1 rings (SSSR count). The van der Waals surface area contributed by atoms with E-state index in [1.165, 1.54) is 12.4 Å². The topological polar surface area (TPSA) is 136 Å². The summed E-state index contributed by atoms with van der Waals surface area (Å²) in [5.41, 5.74) is 3.60. The molecule has 0 spiro atoms. The standard InChI is InChI=1S/C6H8N6O2/c7-11-5(13)3-1-9-2-4(10-3)6(14)12-8/h1-2H,7-8H2,(H,11,13)(H,12,14). The Labute approximate surface area is 78.6 Å². The fourth-order valence-corrected chi connectivity index (χ4v) is 0.733. The molecule has 8 nitrogen and oxygen atoms in total. The minimum absolute atomic E-state index is 0.0615. The van der Waals surface area contributed by atoms with Crippen LogP contribution in [0.4, 0.5) is 0 Å². The highest BCUT2D eigenvalue weighted by molar-refractivity contribution is 5.95. The minimum atomic E-state index is -0.635. The predicted molar refractivity (Wildman–Crippen MR) is 45.3 cm³/mol. The number of nitrogens with two attached hydrogens (primary N) is 2. The van der Waals surface area contributed by atoms with Crippen LogP contribution in [0.15, 0.2) is 12.4 Å². The molecular weight excluding hydrogens is 188 g/mol. The summed E-state index contributed by atoms with van der Waals surface area (Å²) in [6, 6.07) is 0. The summed E-state index contributed by atoms with van der Waals surface area (Å²) >= 11 is 0. The highest BCUT2D eigenvalue weighted by Crippen LogP contribution is 1.95. The second-order valence-corrected chi connectivity index (χ2v) is 2.24. The van der Waals surface area contributed by atoms with E-state index in [1.54, 1.807) is 0 Å². The van der Waals surface area contributed by atoms with Crippen molar-refractivity contribution in [2.24, 2.45) is 11.7 Å². The first-order valence-electron chi connectivity index (χ1n) is 3.53. The Morgan fingerprint density at radius 1 is 1.07 bits per heavy atom. The lowest BCUT2D eigenvalue weighted by Crippen LogP contribution is -2.33. The van der Waals surface area contributed by atoms with Crippen LogP contribution in [-0.4, -0.2) is 21.8 Å². The summed E-state index contributed by atoms with van der Waals surface area (Å²) < 4.78 is 0. The molecule has 14 heavy (non-hydrogen) atoms. The summed E-state index contributed by atoms with van der Waals surface area (Å²) in [5.74, 6) is 8.47. The van der Waals surface area contributed by atoms with Gasteiger partial charge in [-0.25, -0.2) is 16.7 Å². The van der Waals surface area contributed by atoms with E-state index >= 15 is 0 Å². The van der Waals surface area contributed by atoms with Crippen LogP contribution in [0.2, 0.25) is 0 Å². The molecule has 8 heteroatoms. The lowest BCUT2D eigenvalue weighted by Gasteiger charge is -2.00. The fourth-order valence-electron chi connectivity index (χ4n) is 0.733. The number of amides is 2. The first-order valence-corrected chi connectivity index (χ1v) is 3.53. The number of nitrogens with zero attached hydrogens (tertiary/aromatic N) is 2. The Bertz CT molecular complexity index is 334. The van der Waals surface area contributed by atoms with E-state index in [0.717, 1.165) is 0 Å². The monoisotopic (exact) mass is 196 g/mol. The maximum absolute atomic E-state index is 11.0. The molecule has 0 unspecified atom stereocenters. The van der Waals surface area contributed by atoms with Gasteiger partial charge in [0.05, 0.1) is 12.4 Å². The molecule has 1 heterocycles. The second kappa shape index (κ2) is 4.25. The van der Waals surface area contributed by atoms with Crippen molar-refractivity contribution >= 4 is 11.8 Å². The molecule has 0 atom stereocenters. The number of carbonyl (C=O) groups is 2. The zero-order chi connectivity index (χ0) is 10.6. The predicted octanol–water partition coefficient (Wildman–Crippen LogP) is -2.32.